The summed E-state index contributed by atoms with van der Waals surface area (Å²) in [4.78, 5) is 39.2. The molecule has 10 heteroatoms. The molecule has 1 heterocycles. The second kappa shape index (κ2) is 12.9. The average Bonchev–Trinajstić information content (AvgIpc) is 2.89. The maximum atomic E-state index is 13.2. The largest absolute Gasteiger partial charge is 0.493 e. The van der Waals surface area contributed by atoms with E-state index in [9.17, 15) is 14.4 Å². The van der Waals surface area contributed by atoms with Crippen LogP contribution in [-0.2, 0) is 9.59 Å². The maximum Gasteiger partial charge on any atom is 0.335 e. The summed E-state index contributed by atoms with van der Waals surface area (Å²) in [5.74, 6) is 0.254. The minimum Gasteiger partial charge on any atom is -0.493 e. The number of hydrogen-bond donors (Lipinski definition) is 1. The van der Waals surface area contributed by atoms with Crippen LogP contribution in [0.15, 0.2) is 75.2 Å². The number of hydrogen-bond acceptors (Lipinski definition) is 6. The van der Waals surface area contributed by atoms with E-state index in [1.54, 1.807) is 36.4 Å². The first kappa shape index (κ1) is 28.4. The monoisotopic (exact) mass is 656 g/mol. The van der Waals surface area contributed by atoms with Crippen molar-refractivity contribution in [3.63, 3.8) is 0 Å². The van der Waals surface area contributed by atoms with E-state index in [0.29, 0.717) is 53.5 Å². The third kappa shape index (κ3) is 7.07. The van der Waals surface area contributed by atoms with E-state index < -0.39 is 17.8 Å². The predicted molar refractivity (Wildman–Crippen MR) is 155 cm³/mol. The number of amides is 4. The fourth-order valence-corrected chi connectivity index (χ4v) is 4.69. The lowest BCUT2D eigenvalue weighted by Crippen LogP contribution is -2.54. The molecule has 4 rings (SSSR count). The number of benzene rings is 3. The number of imide groups is 2. The lowest BCUT2D eigenvalue weighted by Gasteiger charge is -2.26. The van der Waals surface area contributed by atoms with Crippen molar-refractivity contribution in [3.8, 4) is 17.2 Å². The molecular formula is C29H26Br2N2O6. The molecule has 1 aliphatic heterocycles. The molecular weight excluding hydrogens is 632 g/mol. The molecule has 39 heavy (non-hydrogen) atoms. The number of anilines is 1. The summed E-state index contributed by atoms with van der Waals surface area (Å²) < 4.78 is 18.9. The molecule has 0 bridgehead atoms. The topological polar surface area (TPSA) is 94.2 Å². The Kier molecular flexibility index (Phi) is 9.42. The van der Waals surface area contributed by atoms with Crippen LogP contribution in [0.2, 0.25) is 0 Å². The lowest BCUT2D eigenvalue weighted by molar-refractivity contribution is -0.122. The van der Waals surface area contributed by atoms with Gasteiger partial charge in [-0.2, -0.15) is 0 Å². The van der Waals surface area contributed by atoms with Crippen molar-refractivity contribution in [1.29, 1.82) is 0 Å². The highest BCUT2D eigenvalue weighted by Gasteiger charge is 2.36. The number of ether oxygens (including phenoxy) is 3. The van der Waals surface area contributed by atoms with Gasteiger partial charge in [-0.25, -0.2) is 9.69 Å². The molecule has 4 amide bonds. The Morgan fingerprint density at radius 3 is 2.38 bits per heavy atom. The molecule has 0 atom stereocenters. The van der Waals surface area contributed by atoms with Crippen molar-refractivity contribution < 1.29 is 28.6 Å². The second-order valence-corrected chi connectivity index (χ2v) is 10.3. The highest BCUT2D eigenvalue weighted by molar-refractivity contribution is 9.10. The molecule has 1 N–H and O–H groups in total. The zero-order chi connectivity index (χ0) is 27.9. The Hall–Kier alpha value is -3.63. The first-order valence-corrected chi connectivity index (χ1v) is 13.8. The van der Waals surface area contributed by atoms with Gasteiger partial charge in [-0.3, -0.25) is 14.9 Å². The van der Waals surface area contributed by atoms with Crippen molar-refractivity contribution in [2.24, 2.45) is 0 Å². The van der Waals surface area contributed by atoms with E-state index in [-0.39, 0.29) is 5.57 Å². The van der Waals surface area contributed by atoms with E-state index in [4.69, 9.17) is 14.2 Å². The van der Waals surface area contributed by atoms with Crippen molar-refractivity contribution >= 4 is 61.5 Å². The second-order valence-electron chi connectivity index (χ2n) is 8.56. The van der Waals surface area contributed by atoms with Crippen molar-refractivity contribution in [2.45, 2.75) is 20.3 Å². The van der Waals surface area contributed by atoms with E-state index in [1.807, 2.05) is 38.1 Å². The molecule has 1 saturated heterocycles. The van der Waals surface area contributed by atoms with Crippen LogP contribution in [0.25, 0.3) is 6.08 Å². The third-order valence-corrected chi connectivity index (χ3v) is 6.74. The molecule has 0 aliphatic carbocycles. The number of urea groups is 1. The lowest BCUT2D eigenvalue weighted by atomic mass is 10.1. The van der Waals surface area contributed by atoms with Crippen LogP contribution in [-0.4, -0.2) is 37.7 Å². The van der Waals surface area contributed by atoms with Crippen molar-refractivity contribution in [2.75, 3.05) is 24.7 Å². The summed E-state index contributed by atoms with van der Waals surface area (Å²) in [5, 5.41) is 2.23. The Bertz CT molecular complexity index is 1420. The van der Waals surface area contributed by atoms with Crippen LogP contribution >= 0.6 is 31.9 Å². The summed E-state index contributed by atoms with van der Waals surface area (Å²) in [6.07, 6.45) is 2.06. The van der Waals surface area contributed by atoms with Gasteiger partial charge in [-0.1, -0.05) is 28.1 Å². The van der Waals surface area contributed by atoms with Gasteiger partial charge in [-0.05, 0) is 95.5 Å². The molecule has 1 aliphatic rings. The number of rotatable bonds is 10. The molecule has 0 saturated carbocycles. The standard InChI is InChI=1S/C29H26Br2N2O6/c1-3-37-25-17-19(16-24(31)26(25)39-13-5-12-38-22-7-4-6-18(2)14-22)15-23-27(34)32-29(36)33(28(23)35)21-10-8-20(30)9-11-21/h4,6-11,14-17H,3,5,12-13H2,1-2H3,(H,32,34,36)/b23-15-. The van der Waals surface area contributed by atoms with E-state index in [2.05, 4.69) is 37.2 Å². The van der Waals surface area contributed by atoms with Crippen LogP contribution in [0.5, 0.6) is 17.2 Å². The Morgan fingerprint density at radius 1 is 0.923 bits per heavy atom. The number of barbiturate groups is 1. The number of carbonyl (C=O) groups excluding carboxylic acids is 3. The highest BCUT2D eigenvalue weighted by atomic mass is 79.9. The third-order valence-electron chi connectivity index (χ3n) is 5.62. The summed E-state index contributed by atoms with van der Waals surface area (Å²) in [6.45, 7) is 5.11. The fourth-order valence-electron chi connectivity index (χ4n) is 3.85. The molecule has 3 aromatic rings. The molecule has 1 fully saturated rings. The molecule has 0 spiro atoms. The Morgan fingerprint density at radius 2 is 1.67 bits per heavy atom. The molecule has 0 radical (unpaired) electrons. The SMILES string of the molecule is CCOc1cc(/C=C2/C(=O)NC(=O)N(c3ccc(Br)cc3)C2=O)cc(Br)c1OCCCOc1cccc(C)c1. The van der Waals surface area contributed by atoms with E-state index in [1.165, 1.54) is 6.08 Å². The van der Waals surface area contributed by atoms with Gasteiger partial charge in [0.15, 0.2) is 11.5 Å². The minimum absolute atomic E-state index is 0.186. The summed E-state index contributed by atoms with van der Waals surface area (Å²) in [6, 6.07) is 17.1. The quantitative estimate of drug-likeness (QED) is 0.153. The maximum absolute atomic E-state index is 13.2. The normalized spacial score (nSPS) is 14.4. The first-order chi connectivity index (χ1) is 18.8. The van der Waals surface area contributed by atoms with Crippen molar-refractivity contribution in [1.82, 2.24) is 5.32 Å². The van der Waals surface area contributed by atoms with Gasteiger partial charge in [-0.15, -0.1) is 0 Å². The van der Waals surface area contributed by atoms with E-state index >= 15 is 0 Å². The van der Waals surface area contributed by atoms with Gasteiger partial charge < -0.3 is 14.2 Å². The molecule has 8 nitrogen and oxygen atoms in total. The number of carbonyl (C=O) groups is 3. The number of nitrogens with zero attached hydrogens (tertiary/aromatic N) is 1. The van der Waals surface area contributed by atoms with Crippen LogP contribution < -0.4 is 24.4 Å². The van der Waals surface area contributed by atoms with Gasteiger partial charge in [0.25, 0.3) is 11.8 Å². The Balaban J connectivity index is 1.50. The first-order valence-electron chi connectivity index (χ1n) is 12.2. The van der Waals surface area contributed by atoms with Gasteiger partial charge in [0, 0.05) is 10.9 Å². The van der Waals surface area contributed by atoms with Crippen molar-refractivity contribution in [3.05, 3.63) is 86.3 Å². The number of aryl methyl sites for hydroxylation is 1. The zero-order valence-corrected chi connectivity index (χ0v) is 24.5. The number of halogens is 2. The van der Waals surface area contributed by atoms with Crippen LogP contribution in [0, 0.1) is 6.92 Å². The molecule has 0 aromatic heterocycles. The van der Waals surface area contributed by atoms with Gasteiger partial charge in [0.2, 0.25) is 0 Å². The van der Waals surface area contributed by atoms with Gasteiger partial charge in [0.05, 0.1) is 30.0 Å². The smallest absolute Gasteiger partial charge is 0.335 e. The fraction of sp³-hybridized carbons (Fsp3) is 0.207. The number of nitrogens with one attached hydrogen (secondary N) is 1. The molecule has 0 unspecified atom stereocenters. The summed E-state index contributed by atoms with van der Waals surface area (Å²) in [5.41, 5.74) is 1.80. The van der Waals surface area contributed by atoms with Crippen LogP contribution in [0.4, 0.5) is 10.5 Å². The summed E-state index contributed by atoms with van der Waals surface area (Å²) in [7, 11) is 0. The highest BCUT2D eigenvalue weighted by Crippen LogP contribution is 2.38. The summed E-state index contributed by atoms with van der Waals surface area (Å²) >= 11 is 6.85. The van der Waals surface area contributed by atoms with E-state index in [0.717, 1.165) is 20.7 Å². The molecule has 202 valence electrons. The van der Waals surface area contributed by atoms with Crippen LogP contribution in [0.1, 0.15) is 24.5 Å². The van der Waals surface area contributed by atoms with Gasteiger partial charge >= 0.3 is 6.03 Å². The van der Waals surface area contributed by atoms with Gasteiger partial charge in [0.1, 0.15) is 11.3 Å². The molecule has 3 aromatic carbocycles. The Labute approximate surface area is 243 Å². The van der Waals surface area contributed by atoms with Crippen LogP contribution in [0.3, 0.4) is 0 Å². The minimum atomic E-state index is -0.809. The average molecular weight is 658 g/mol. The zero-order valence-electron chi connectivity index (χ0n) is 21.3. The predicted octanol–water partition coefficient (Wildman–Crippen LogP) is 6.43.